The topological polar surface area (TPSA) is 132 Å². The molecule has 1 aliphatic heterocycles. The van der Waals surface area contributed by atoms with Crippen molar-refractivity contribution in [3.63, 3.8) is 0 Å². The average molecular weight is 290 g/mol. The molecule has 1 aromatic rings. The number of primary amides is 1. The molecule has 8 nitrogen and oxygen atoms in total. The Morgan fingerprint density at radius 3 is 2.43 bits per heavy atom. The van der Waals surface area contributed by atoms with E-state index in [9.17, 15) is 4.79 Å². The van der Waals surface area contributed by atoms with Crippen LogP contribution in [0.2, 0.25) is 0 Å². The monoisotopic (exact) mass is 290 g/mol. The maximum Gasteiger partial charge on any atom is 0.248 e. The molecule has 0 aliphatic carbocycles. The van der Waals surface area contributed by atoms with Gasteiger partial charge in [-0.15, -0.1) is 0 Å². The zero-order valence-corrected chi connectivity index (χ0v) is 11.9. The van der Waals surface area contributed by atoms with Gasteiger partial charge in [-0.25, -0.2) is 4.99 Å². The Balaban J connectivity index is 2.06. The van der Waals surface area contributed by atoms with Gasteiger partial charge in [-0.05, 0) is 31.5 Å². The smallest absolute Gasteiger partial charge is 0.248 e. The number of nitrogens with zero attached hydrogens (tertiary/aromatic N) is 3. The lowest BCUT2D eigenvalue weighted by atomic mass is 10.1. The second-order valence-corrected chi connectivity index (χ2v) is 5.06. The van der Waals surface area contributed by atoms with Gasteiger partial charge in [-0.3, -0.25) is 9.63 Å². The van der Waals surface area contributed by atoms with Crippen LogP contribution in [0.3, 0.4) is 0 Å². The molecule has 8 heteroatoms. The van der Waals surface area contributed by atoms with E-state index < -0.39 is 11.6 Å². The maximum atomic E-state index is 11.0. The Morgan fingerprint density at radius 2 is 1.90 bits per heavy atom. The second kappa shape index (κ2) is 5.41. The van der Waals surface area contributed by atoms with Crippen LogP contribution in [0.25, 0.3) is 0 Å². The van der Waals surface area contributed by atoms with E-state index in [0.717, 1.165) is 5.56 Å². The van der Waals surface area contributed by atoms with Gasteiger partial charge < -0.3 is 17.2 Å². The number of amides is 1. The van der Waals surface area contributed by atoms with Crippen LogP contribution in [-0.4, -0.2) is 28.6 Å². The van der Waals surface area contributed by atoms with Crippen molar-refractivity contribution in [3.8, 4) is 0 Å². The summed E-state index contributed by atoms with van der Waals surface area (Å²) in [5.41, 5.74) is 17.1. The molecule has 1 aromatic carbocycles. The van der Waals surface area contributed by atoms with Crippen LogP contribution in [0.4, 0.5) is 0 Å². The van der Waals surface area contributed by atoms with Gasteiger partial charge in [-0.1, -0.05) is 12.1 Å². The molecule has 0 unspecified atom stereocenters. The number of aliphatic imine (C=N–C) groups is 2. The summed E-state index contributed by atoms with van der Waals surface area (Å²) in [6, 6.07) is 6.77. The lowest BCUT2D eigenvalue weighted by Gasteiger charge is -2.36. The first kappa shape index (κ1) is 14.8. The van der Waals surface area contributed by atoms with Crippen molar-refractivity contribution in [1.29, 1.82) is 0 Å². The Bertz CT molecular complexity index is 606. The molecule has 0 saturated carbocycles. The molecule has 0 aromatic heterocycles. The highest BCUT2D eigenvalue weighted by Gasteiger charge is 2.33. The summed E-state index contributed by atoms with van der Waals surface area (Å²) >= 11 is 0. The van der Waals surface area contributed by atoms with E-state index in [-0.39, 0.29) is 18.5 Å². The van der Waals surface area contributed by atoms with Crippen LogP contribution in [0.5, 0.6) is 0 Å². The normalized spacial score (nSPS) is 17.1. The molecule has 0 fully saturated rings. The van der Waals surface area contributed by atoms with Gasteiger partial charge in [0.25, 0.3) is 0 Å². The summed E-state index contributed by atoms with van der Waals surface area (Å²) in [6.07, 6.45) is 0. The van der Waals surface area contributed by atoms with E-state index in [1.807, 2.05) is 0 Å². The third-order valence-electron chi connectivity index (χ3n) is 2.92. The molecule has 0 spiro atoms. The number of carbonyl (C=O) groups excluding carboxylic acids is 1. The van der Waals surface area contributed by atoms with E-state index in [4.69, 9.17) is 22.0 Å². The summed E-state index contributed by atoms with van der Waals surface area (Å²) in [5.74, 6) is -0.217. The van der Waals surface area contributed by atoms with Gasteiger partial charge in [0.05, 0.1) is 0 Å². The largest absolute Gasteiger partial charge is 0.368 e. The first-order chi connectivity index (χ1) is 9.79. The number of rotatable bonds is 4. The summed E-state index contributed by atoms with van der Waals surface area (Å²) < 4.78 is 0. The third-order valence-corrected chi connectivity index (χ3v) is 2.92. The fraction of sp³-hybridized carbons (Fsp3) is 0.308. The second-order valence-electron chi connectivity index (χ2n) is 5.06. The third kappa shape index (κ3) is 3.29. The molecule has 0 bridgehead atoms. The molecule has 6 N–H and O–H groups in total. The minimum absolute atomic E-state index is 0.114. The van der Waals surface area contributed by atoms with Crippen LogP contribution in [0.1, 0.15) is 29.8 Å². The SMILES string of the molecule is CC1(C)N=C(N)N=C(N)N1OCc1ccc(C(N)=O)cc1. The van der Waals surface area contributed by atoms with Crippen molar-refractivity contribution in [3.05, 3.63) is 35.4 Å². The van der Waals surface area contributed by atoms with Gasteiger partial charge in [0.1, 0.15) is 6.61 Å². The van der Waals surface area contributed by atoms with Crippen LogP contribution >= 0.6 is 0 Å². The molecule has 21 heavy (non-hydrogen) atoms. The summed E-state index contributed by atoms with van der Waals surface area (Å²) in [4.78, 5) is 24.7. The van der Waals surface area contributed by atoms with E-state index >= 15 is 0 Å². The molecule has 1 amide bonds. The van der Waals surface area contributed by atoms with Gasteiger partial charge in [0, 0.05) is 5.56 Å². The average Bonchev–Trinajstić information content (AvgIpc) is 2.36. The van der Waals surface area contributed by atoms with Crippen LogP contribution < -0.4 is 17.2 Å². The van der Waals surface area contributed by atoms with Gasteiger partial charge in [-0.2, -0.15) is 10.1 Å². The number of hydrogen-bond donors (Lipinski definition) is 3. The number of carbonyl (C=O) groups is 1. The van der Waals surface area contributed by atoms with Crippen molar-refractivity contribution in [2.24, 2.45) is 27.2 Å². The molecule has 112 valence electrons. The van der Waals surface area contributed by atoms with Gasteiger partial charge in [0.15, 0.2) is 5.66 Å². The van der Waals surface area contributed by atoms with Crippen LogP contribution in [0.15, 0.2) is 34.3 Å². The first-order valence-corrected chi connectivity index (χ1v) is 6.31. The number of guanidine groups is 2. The lowest BCUT2D eigenvalue weighted by Crippen LogP contribution is -2.53. The summed E-state index contributed by atoms with van der Waals surface area (Å²) in [5, 5.41) is 1.39. The number of hydrogen-bond acceptors (Lipinski definition) is 7. The minimum atomic E-state index is -0.747. The standard InChI is InChI=1S/C13H18N6O2/c1-13(2)18-11(15)17-12(16)19(13)21-7-8-3-5-9(6-4-8)10(14)20/h3-6H,7H2,1-2H3,(H2,14,20)(H4,15,16,17,18). The van der Waals surface area contributed by atoms with Crippen LogP contribution in [0, 0.1) is 0 Å². The maximum absolute atomic E-state index is 11.0. The van der Waals surface area contributed by atoms with Crippen molar-refractivity contribution in [2.75, 3.05) is 0 Å². The highest BCUT2D eigenvalue weighted by atomic mass is 16.7. The van der Waals surface area contributed by atoms with E-state index in [0.29, 0.717) is 5.56 Å². The summed E-state index contributed by atoms with van der Waals surface area (Å²) in [6.45, 7) is 3.85. The molecule has 1 heterocycles. The van der Waals surface area contributed by atoms with E-state index in [1.54, 1.807) is 38.1 Å². The number of hydroxylamine groups is 2. The molecule has 0 atom stereocenters. The Kier molecular flexibility index (Phi) is 3.81. The molecular formula is C13H18N6O2. The fourth-order valence-electron chi connectivity index (χ4n) is 1.92. The first-order valence-electron chi connectivity index (χ1n) is 6.31. The predicted octanol–water partition coefficient (Wildman–Crippen LogP) is -0.102. The quantitative estimate of drug-likeness (QED) is 0.712. The number of nitrogens with two attached hydrogens (primary N) is 3. The van der Waals surface area contributed by atoms with Gasteiger partial charge in [0.2, 0.25) is 17.8 Å². The Morgan fingerprint density at radius 1 is 1.29 bits per heavy atom. The van der Waals surface area contributed by atoms with Gasteiger partial charge >= 0.3 is 0 Å². The van der Waals surface area contributed by atoms with E-state index in [1.165, 1.54) is 5.06 Å². The lowest BCUT2D eigenvalue weighted by molar-refractivity contribution is -0.166. The highest BCUT2D eigenvalue weighted by Crippen LogP contribution is 2.20. The Labute approximate surface area is 122 Å². The van der Waals surface area contributed by atoms with Crippen molar-refractivity contribution >= 4 is 17.8 Å². The Hall–Kier alpha value is -2.61. The molecule has 0 radical (unpaired) electrons. The molecule has 1 aliphatic rings. The predicted molar refractivity (Wildman–Crippen MR) is 78.9 cm³/mol. The zero-order chi connectivity index (χ0) is 15.6. The highest BCUT2D eigenvalue weighted by molar-refractivity contribution is 5.95. The van der Waals surface area contributed by atoms with E-state index in [2.05, 4.69) is 9.98 Å². The summed E-state index contributed by atoms with van der Waals surface area (Å²) in [7, 11) is 0. The van der Waals surface area contributed by atoms with Crippen molar-refractivity contribution in [1.82, 2.24) is 5.06 Å². The molecule has 2 rings (SSSR count). The van der Waals surface area contributed by atoms with Crippen LogP contribution in [-0.2, 0) is 11.4 Å². The molecular weight excluding hydrogens is 272 g/mol. The van der Waals surface area contributed by atoms with Crippen molar-refractivity contribution in [2.45, 2.75) is 26.1 Å². The van der Waals surface area contributed by atoms with Crippen molar-refractivity contribution < 1.29 is 9.63 Å². The number of benzene rings is 1. The fourth-order valence-corrected chi connectivity index (χ4v) is 1.92. The molecule has 0 saturated heterocycles. The minimum Gasteiger partial charge on any atom is -0.368 e. The zero-order valence-electron chi connectivity index (χ0n) is 11.9.